The van der Waals surface area contributed by atoms with Crippen LogP contribution in [0.2, 0.25) is 0 Å². The lowest BCUT2D eigenvalue weighted by atomic mass is 10.1. The first-order valence-electron chi connectivity index (χ1n) is 7.74. The molecule has 1 heterocycles. The summed E-state index contributed by atoms with van der Waals surface area (Å²) in [7, 11) is 0. The molecular formula is C17H23N3O2. The monoisotopic (exact) mass is 301 g/mol. The van der Waals surface area contributed by atoms with Crippen LogP contribution in [0.1, 0.15) is 31.2 Å². The van der Waals surface area contributed by atoms with E-state index in [-0.39, 0.29) is 6.42 Å². The van der Waals surface area contributed by atoms with Gasteiger partial charge in [-0.25, -0.2) is 4.98 Å². The van der Waals surface area contributed by atoms with Crippen molar-refractivity contribution >= 4 is 11.7 Å². The minimum Gasteiger partial charge on any atom is -0.481 e. The highest BCUT2D eigenvalue weighted by molar-refractivity contribution is 5.70. The highest BCUT2D eigenvalue weighted by Crippen LogP contribution is 2.11. The van der Waals surface area contributed by atoms with Crippen LogP contribution in [0.15, 0.2) is 43.0 Å². The second-order valence-corrected chi connectivity index (χ2v) is 5.41. The number of benzene rings is 1. The SMILES string of the molecule is O=C(O)Cc1ccc(NCCCCCCn2ccnc2)cc1. The van der Waals surface area contributed by atoms with Gasteiger partial charge in [0, 0.05) is 31.2 Å². The van der Waals surface area contributed by atoms with Gasteiger partial charge in [-0.15, -0.1) is 0 Å². The third-order valence-electron chi connectivity index (χ3n) is 3.54. The molecule has 0 spiro atoms. The molecular weight excluding hydrogens is 278 g/mol. The van der Waals surface area contributed by atoms with Crippen molar-refractivity contribution in [1.29, 1.82) is 0 Å². The molecule has 0 aliphatic carbocycles. The van der Waals surface area contributed by atoms with Crippen LogP contribution in [-0.2, 0) is 17.8 Å². The third-order valence-corrected chi connectivity index (χ3v) is 3.54. The van der Waals surface area contributed by atoms with Crippen LogP contribution in [-0.4, -0.2) is 27.2 Å². The van der Waals surface area contributed by atoms with E-state index in [2.05, 4.69) is 14.9 Å². The Kier molecular flexibility index (Phi) is 6.48. The lowest BCUT2D eigenvalue weighted by Crippen LogP contribution is -2.03. The Balaban J connectivity index is 1.53. The summed E-state index contributed by atoms with van der Waals surface area (Å²) in [5, 5.41) is 12.1. The summed E-state index contributed by atoms with van der Waals surface area (Å²) >= 11 is 0. The molecule has 1 aromatic carbocycles. The van der Waals surface area contributed by atoms with Crippen molar-refractivity contribution in [2.24, 2.45) is 0 Å². The van der Waals surface area contributed by atoms with Crippen molar-refractivity contribution in [3.63, 3.8) is 0 Å². The van der Waals surface area contributed by atoms with E-state index in [0.717, 1.165) is 30.8 Å². The van der Waals surface area contributed by atoms with Crippen LogP contribution < -0.4 is 5.32 Å². The molecule has 0 saturated heterocycles. The maximum Gasteiger partial charge on any atom is 0.307 e. The Hall–Kier alpha value is -2.30. The molecule has 0 saturated carbocycles. The number of carboxylic acids is 1. The Labute approximate surface area is 131 Å². The highest BCUT2D eigenvalue weighted by Gasteiger charge is 2.00. The summed E-state index contributed by atoms with van der Waals surface area (Å²) in [4.78, 5) is 14.6. The number of hydrogen-bond donors (Lipinski definition) is 2. The molecule has 0 aliphatic heterocycles. The Morgan fingerprint density at radius 3 is 2.59 bits per heavy atom. The summed E-state index contributed by atoms with van der Waals surface area (Å²) < 4.78 is 2.11. The average molecular weight is 301 g/mol. The standard InChI is InChI=1S/C17H23N3O2/c21-17(22)13-15-5-7-16(8-6-15)19-9-3-1-2-4-11-20-12-10-18-14-20/h5-8,10,12,14,19H,1-4,9,11,13H2,(H,21,22). The maximum absolute atomic E-state index is 10.6. The third kappa shape index (κ3) is 5.99. The van der Waals surface area contributed by atoms with E-state index in [4.69, 9.17) is 5.11 Å². The number of aromatic nitrogens is 2. The second kappa shape index (κ2) is 8.87. The summed E-state index contributed by atoms with van der Waals surface area (Å²) in [6.45, 7) is 1.99. The van der Waals surface area contributed by atoms with Gasteiger partial charge in [0.05, 0.1) is 12.7 Å². The number of unbranched alkanes of at least 4 members (excludes halogenated alkanes) is 3. The van der Waals surface area contributed by atoms with E-state index >= 15 is 0 Å². The van der Waals surface area contributed by atoms with Crippen LogP contribution in [0.4, 0.5) is 5.69 Å². The molecule has 118 valence electrons. The summed E-state index contributed by atoms with van der Waals surface area (Å²) in [6.07, 6.45) is 10.5. The molecule has 5 heteroatoms. The van der Waals surface area contributed by atoms with Crippen molar-refractivity contribution in [2.45, 2.75) is 38.6 Å². The van der Waals surface area contributed by atoms with Crippen LogP contribution in [0.5, 0.6) is 0 Å². The fraction of sp³-hybridized carbons (Fsp3) is 0.412. The van der Waals surface area contributed by atoms with Gasteiger partial charge in [-0.3, -0.25) is 4.79 Å². The number of imidazole rings is 1. The van der Waals surface area contributed by atoms with E-state index < -0.39 is 5.97 Å². The number of carbonyl (C=O) groups is 1. The van der Waals surface area contributed by atoms with Crippen LogP contribution in [0.25, 0.3) is 0 Å². The molecule has 2 aromatic rings. The van der Waals surface area contributed by atoms with Crippen LogP contribution in [0, 0.1) is 0 Å². The molecule has 0 atom stereocenters. The minimum absolute atomic E-state index is 0.0806. The molecule has 0 bridgehead atoms. The Morgan fingerprint density at radius 2 is 1.91 bits per heavy atom. The molecule has 2 N–H and O–H groups in total. The zero-order valence-electron chi connectivity index (χ0n) is 12.7. The number of aliphatic carboxylic acids is 1. The average Bonchev–Trinajstić information content (AvgIpc) is 3.01. The summed E-state index contributed by atoms with van der Waals surface area (Å²) in [5.41, 5.74) is 1.88. The van der Waals surface area contributed by atoms with Gasteiger partial charge in [-0.05, 0) is 30.5 Å². The van der Waals surface area contributed by atoms with E-state index in [0.29, 0.717) is 0 Å². The zero-order chi connectivity index (χ0) is 15.6. The lowest BCUT2D eigenvalue weighted by Gasteiger charge is -2.07. The maximum atomic E-state index is 10.6. The highest BCUT2D eigenvalue weighted by atomic mass is 16.4. The zero-order valence-corrected chi connectivity index (χ0v) is 12.7. The van der Waals surface area contributed by atoms with E-state index in [1.807, 2.05) is 43.0 Å². The number of nitrogens with one attached hydrogen (secondary N) is 1. The normalized spacial score (nSPS) is 10.5. The molecule has 2 rings (SSSR count). The lowest BCUT2D eigenvalue weighted by molar-refractivity contribution is -0.136. The topological polar surface area (TPSA) is 67.2 Å². The van der Waals surface area contributed by atoms with Gasteiger partial charge >= 0.3 is 5.97 Å². The molecule has 0 fully saturated rings. The van der Waals surface area contributed by atoms with Gasteiger partial charge in [0.2, 0.25) is 0 Å². The number of hydrogen-bond acceptors (Lipinski definition) is 3. The Morgan fingerprint density at radius 1 is 1.14 bits per heavy atom. The van der Waals surface area contributed by atoms with Crippen LogP contribution >= 0.6 is 0 Å². The van der Waals surface area contributed by atoms with Crippen LogP contribution in [0.3, 0.4) is 0 Å². The first-order chi connectivity index (χ1) is 10.7. The summed E-state index contributed by atoms with van der Waals surface area (Å²) in [6, 6.07) is 7.61. The van der Waals surface area contributed by atoms with Gasteiger partial charge in [-0.2, -0.15) is 0 Å². The predicted molar refractivity (Wildman–Crippen MR) is 87.0 cm³/mol. The van der Waals surface area contributed by atoms with Gasteiger partial charge in [0.15, 0.2) is 0 Å². The molecule has 5 nitrogen and oxygen atoms in total. The van der Waals surface area contributed by atoms with E-state index in [1.54, 1.807) is 0 Å². The van der Waals surface area contributed by atoms with E-state index in [1.165, 1.54) is 19.3 Å². The van der Waals surface area contributed by atoms with Crippen molar-refractivity contribution in [2.75, 3.05) is 11.9 Å². The van der Waals surface area contributed by atoms with Gasteiger partial charge in [0.1, 0.15) is 0 Å². The quantitative estimate of drug-likeness (QED) is 0.661. The number of rotatable bonds is 10. The molecule has 0 radical (unpaired) electrons. The first-order valence-corrected chi connectivity index (χ1v) is 7.74. The second-order valence-electron chi connectivity index (χ2n) is 5.41. The number of aryl methyl sites for hydroxylation is 1. The number of anilines is 1. The predicted octanol–water partition coefficient (Wildman–Crippen LogP) is 3.18. The van der Waals surface area contributed by atoms with Gasteiger partial charge in [-0.1, -0.05) is 25.0 Å². The molecule has 0 aliphatic rings. The minimum atomic E-state index is -0.795. The first kappa shape index (κ1) is 16.1. The van der Waals surface area contributed by atoms with Crippen molar-refractivity contribution in [3.8, 4) is 0 Å². The van der Waals surface area contributed by atoms with Crippen molar-refractivity contribution in [3.05, 3.63) is 48.5 Å². The number of nitrogens with zero attached hydrogens (tertiary/aromatic N) is 2. The smallest absolute Gasteiger partial charge is 0.307 e. The fourth-order valence-corrected chi connectivity index (χ4v) is 2.34. The largest absolute Gasteiger partial charge is 0.481 e. The van der Waals surface area contributed by atoms with Gasteiger partial charge < -0.3 is 15.0 Å². The molecule has 0 unspecified atom stereocenters. The Bertz CT molecular complexity index is 550. The van der Waals surface area contributed by atoms with Crippen molar-refractivity contribution in [1.82, 2.24) is 9.55 Å². The van der Waals surface area contributed by atoms with Crippen molar-refractivity contribution < 1.29 is 9.90 Å². The molecule has 1 aromatic heterocycles. The van der Waals surface area contributed by atoms with E-state index in [9.17, 15) is 4.79 Å². The van der Waals surface area contributed by atoms with Gasteiger partial charge in [0.25, 0.3) is 0 Å². The summed E-state index contributed by atoms with van der Waals surface area (Å²) in [5.74, 6) is -0.795. The fourth-order valence-electron chi connectivity index (χ4n) is 2.34. The molecule has 0 amide bonds. The molecule has 22 heavy (non-hydrogen) atoms. The number of carboxylic acid groups (broad SMARTS) is 1.